The minimum atomic E-state index is -0.272. The fourth-order valence-corrected chi connectivity index (χ4v) is 2.56. The first-order chi connectivity index (χ1) is 8.56. The maximum Gasteiger partial charge on any atom is 0.231 e. The van der Waals surface area contributed by atoms with Crippen LogP contribution in [0.1, 0.15) is 0 Å². The lowest BCUT2D eigenvalue weighted by atomic mass is 10.2. The highest BCUT2D eigenvalue weighted by Crippen LogP contribution is 2.27. The molecule has 6 heteroatoms. The number of anilines is 2. The largest absolute Gasteiger partial charge is 0.397 e. The van der Waals surface area contributed by atoms with Crippen LogP contribution >= 0.6 is 15.9 Å². The summed E-state index contributed by atoms with van der Waals surface area (Å²) in [5, 5.41) is 0. The minimum absolute atomic E-state index is 0.272. The summed E-state index contributed by atoms with van der Waals surface area (Å²) < 4.78 is 0.983. The van der Waals surface area contributed by atoms with Crippen molar-refractivity contribution in [3.8, 4) is 0 Å². The first-order valence-electron chi connectivity index (χ1n) is 5.87. The number of carbonyl (C=O) groups excluding carboxylic acids is 1. The summed E-state index contributed by atoms with van der Waals surface area (Å²) in [6.07, 6.45) is 0. The van der Waals surface area contributed by atoms with Gasteiger partial charge < -0.3 is 16.4 Å². The van der Waals surface area contributed by atoms with E-state index >= 15 is 0 Å². The van der Waals surface area contributed by atoms with Crippen LogP contribution in [0.4, 0.5) is 11.4 Å². The molecule has 1 aromatic rings. The monoisotopic (exact) mass is 312 g/mol. The summed E-state index contributed by atoms with van der Waals surface area (Å²) in [5.74, 6) is -0.272. The van der Waals surface area contributed by atoms with Crippen LogP contribution in [-0.4, -0.2) is 43.5 Å². The Morgan fingerprint density at radius 2 is 1.94 bits per heavy atom. The summed E-state index contributed by atoms with van der Waals surface area (Å²) in [5.41, 5.74) is 13.0. The predicted octanol–water partition coefficient (Wildman–Crippen LogP) is 0.639. The summed E-state index contributed by atoms with van der Waals surface area (Å²) >= 11 is 3.40. The van der Waals surface area contributed by atoms with E-state index in [9.17, 15) is 4.79 Å². The Morgan fingerprint density at radius 1 is 1.28 bits per heavy atom. The second kappa shape index (κ2) is 5.58. The van der Waals surface area contributed by atoms with Crippen molar-refractivity contribution < 1.29 is 4.79 Å². The molecule has 1 aromatic carbocycles. The van der Waals surface area contributed by atoms with Crippen molar-refractivity contribution in [2.24, 2.45) is 5.73 Å². The van der Waals surface area contributed by atoms with Crippen LogP contribution in [0.2, 0.25) is 0 Å². The van der Waals surface area contributed by atoms with Gasteiger partial charge in [0.05, 0.1) is 17.9 Å². The number of nitrogen functional groups attached to an aromatic ring is 1. The zero-order chi connectivity index (χ0) is 13.1. The van der Waals surface area contributed by atoms with Crippen LogP contribution in [-0.2, 0) is 4.79 Å². The standard InChI is InChI=1S/C12H17BrN4O/c13-9-1-2-11(10(14)7-9)17-5-3-16(4-6-17)8-12(15)18/h1-2,7H,3-6,8,14H2,(H2,15,18). The maximum absolute atomic E-state index is 10.9. The fourth-order valence-electron chi connectivity index (χ4n) is 2.18. The van der Waals surface area contributed by atoms with Gasteiger partial charge in [-0.15, -0.1) is 0 Å². The topological polar surface area (TPSA) is 75.6 Å². The van der Waals surface area contributed by atoms with E-state index in [0.29, 0.717) is 6.54 Å². The van der Waals surface area contributed by atoms with Gasteiger partial charge in [0.2, 0.25) is 5.91 Å². The Morgan fingerprint density at radius 3 is 2.50 bits per heavy atom. The van der Waals surface area contributed by atoms with E-state index in [1.54, 1.807) is 0 Å². The van der Waals surface area contributed by atoms with Crippen LogP contribution < -0.4 is 16.4 Å². The summed E-state index contributed by atoms with van der Waals surface area (Å²) in [6, 6.07) is 5.91. The van der Waals surface area contributed by atoms with Crippen molar-refractivity contribution in [1.29, 1.82) is 0 Å². The Bertz CT molecular complexity index is 444. The molecule has 18 heavy (non-hydrogen) atoms. The quantitative estimate of drug-likeness (QED) is 0.803. The van der Waals surface area contributed by atoms with Crippen LogP contribution in [0.25, 0.3) is 0 Å². The molecule has 1 aliphatic rings. The predicted molar refractivity (Wildman–Crippen MR) is 76.4 cm³/mol. The number of primary amides is 1. The molecule has 4 N–H and O–H groups in total. The third-order valence-corrected chi connectivity index (χ3v) is 3.58. The lowest BCUT2D eigenvalue weighted by molar-refractivity contribution is -0.119. The number of nitrogens with two attached hydrogens (primary N) is 2. The van der Waals surface area contributed by atoms with Crippen molar-refractivity contribution >= 4 is 33.2 Å². The molecule has 5 nitrogen and oxygen atoms in total. The number of carbonyl (C=O) groups is 1. The molecule has 1 heterocycles. The highest BCUT2D eigenvalue weighted by molar-refractivity contribution is 9.10. The van der Waals surface area contributed by atoms with Crippen molar-refractivity contribution in [3.63, 3.8) is 0 Å². The van der Waals surface area contributed by atoms with Crippen LogP contribution in [0.15, 0.2) is 22.7 Å². The number of piperazine rings is 1. The fraction of sp³-hybridized carbons (Fsp3) is 0.417. The second-order valence-corrected chi connectivity index (χ2v) is 5.35. The van der Waals surface area contributed by atoms with Crippen LogP contribution in [0.5, 0.6) is 0 Å². The molecule has 1 amide bonds. The van der Waals surface area contributed by atoms with Crippen molar-refractivity contribution in [2.75, 3.05) is 43.4 Å². The van der Waals surface area contributed by atoms with E-state index < -0.39 is 0 Å². The normalized spacial score (nSPS) is 16.8. The molecule has 0 aromatic heterocycles. The summed E-state index contributed by atoms with van der Waals surface area (Å²) in [4.78, 5) is 15.2. The Labute approximate surface area is 115 Å². The molecule has 0 radical (unpaired) electrons. The first-order valence-corrected chi connectivity index (χ1v) is 6.66. The molecular weight excluding hydrogens is 296 g/mol. The highest BCUT2D eigenvalue weighted by Gasteiger charge is 2.19. The van der Waals surface area contributed by atoms with Crippen molar-refractivity contribution in [3.05, 3.63) is 22.7 Å². The number of hydrogen-bond donors (Lipinski definition) is 2. The zero-order valence-electron chi connectivity index (χ0n) is 10.1. The zero-order valence-corrected chi connectivity index (χ0v) is 11.7. The van der Waals surface area contributed by atoms with E-state index in [0.717, 1.165) is 42.0 Å². The molecule has 1 fully saturated rings. The van der Waals surface area contributed by atoms with Crippen molar-refractivity contribution in [2.45, 2.75) is 0 Å². The van der Waals surface area contributed by atoms with Gasteiger partial charge >= 0.3 is 0 Å². The molecule has 0 spiro atoms. The molecule has 0 atom stereocenters. The molecule has 0 aliphatic carbocycles. The Balaban J connectivity index is 1.99. The smallest absolute Gasteiger partial charge is 0.231 e. The Kier molecular flexibility index (Phi) is 4.08. The van der Waals surface area contributed by atoms with Crippen LogP contribution in [0.3, 0.4) is 0 Å². The number of rotatable bonds is 3. The van der Waals surface area contributed by atoms with Gasteiger partial charge in [-0.3, -0.25) is 9.69 Å². The van der Waals surface area contributed by atoms with Crippen molar-refractivity contribution in [1.82, 2.24) is 4.90 Å². The third-order valence-electron chi connectivity index (χ3n) is 3.08. The molecule has 0 bridgehead atoms. The number of benzene rings is 1. The van der Waals surface area contributed by atoms with E-state index in [2.05, 4.69) is 25.7 Å². The lowest BCUT2D eigenvalue weighted by Crippen LogP contribution is -2.49. The third kappa shape index (κ3) is 3.14. The van der Waals surface area contributed by atoms with Gasteiger partial charge in [-0.05, 0) is 18.2 Å². The van der Waals surface area contributed by atoms with Gasteiger partial charge in [0.25, 0.3) is 0 Å². The molecule has 2 rings (SSSR count). The second-order valence-electron chi connectivity index (χ2n) is 4.43. The first kappa shape index (κ1) is 13.2. The van der Waals surface area contributed by atoms with E-state index in [4.69, 9.17) is 11.5 Å². The maximum atomic E-state index is 10.9. The average Bonchev–Trinajstić information content (AvgIpc) is 2.30. The summed E-state index contributed by atoms with van der Waals surface area (Å²) in [7, 11) is 0. The minimum Gasteiger partial charge on any atom is -0.397 e. The lowest BCUT2D eigenvalue weighted by Gasteiger charge is -2.36. The average molecular weight is 313 g/mol. The molecule has 1 aliphatic heterocycles. The van der Waals surface area contributed by atoms with Crippen LogP contribution in [0, 0.1) is 0 Å². The number of nitrogens with zero attached hydrogens (tertiary/aromatic N) is 2. The SMILES string of the molecule is NC(=O)CN1CCN(c2ccc(Br)cc2N)CC1. The van der Waals surface area contributed by atoms with Gasteiger partial charge in [-0.1, -0.05) is 15.9 Å². The number of halogens is 1. The molecule has 0 unspecified atom stereocenters. The van der Waals surface area contributed by atoms with Gasteiger partial charge in [0.15, 0.2) is 0 Å². The Hall–Kier alpha value is -1.27. The number of amides is 1. The highest BCUT2D eigenvalue weighted by atomic mass is 79.9. The van der Waals surface area contributed by atoms with Gasteiger partial charge in [0.1, 0.15) is 0 Å². The van der Waals surface area contributed by atoms with Gasteiger partial charge in [-0.2, -0.15) is 0 Å². The number of hydrogen-bond acceptors (Lipinski definition) is 4. The van der Waals surface area contributed by atoms with E-state index in [1.807, 2.05) is 18.2 Å². The molecule has 98 valence electrons. The summed E-state index contributed by atoms with van der Waals surface area (Å²) in [6.45, 7) is 3.72. The van der Waals surface area contributed by atoms with E-state index in [-0.39, 0.29) is 5.91 Å². The molecular formula is C12H17BrN4O. The van der Waals surface area contributed by atoms with Gasteiger partial charge in [0, 0.05) is 30.7 Å². The van der Waals surface area contributed by atoms with E-state index in [1.165, 1.54) is 0 Å². The van der Waals surface area contributed by atoms with Gasteiger partial charge in [-0.25, -0.2) is 0 Å². The molecule has 0 saturated carbocycles. The molecule has 1 saturated heterocycles.